The number of ether oxygens (including phenoxy) is 1. The Morgan fingerprint density at radius 2 is 1.87 bits per heavy atom. The molecule has 0 aromatic heterocycles. The number of ketones is 1. The van der Waals surface area contributed by atoms with E-state index in [1.54, 1.807) is 25.3 Å². The fraction of sp³-hybridized carbons (Fsp3) is 0.579. The van der Waals surface area contributed by atoms with Crippen molar-refractivity contribution in [2.45, 2.75) is 52.0 Å². The van der Waals surface area contributed by atoms with Crippen molar-refractivity contribution >= 4 is 11.7 Å². The van der Waals surface area contributed by atoms with Gasteiger partial charge < -0.3 is 9.64 Å². The summed E-state index contributed by atoms with van der Waals surface area (Å²) < 4.78 is 5.34. The predicted molar refractivity (Wildman–Crippen MR) is 90.9 cm³/mol. The molecule has 0 saturated heterocycles. The van der Waals surface area contributed by atoms with E-state index < -0.39 is 0 Å². The normalized spacial score (nSPS) is 20.9. The fourth-order valence-corrected chi connectivity index (χ4v) is 3.26. The topological polar surface area (TPSA) is 46.6 Å². The standard InChI is InChI=1S/C19H27NO3/c1-13-5-8-17(9-6-13)20(3)19(22)12-16-11-15(14(2)21)7-10-18(16)23-4/h7,10-11,13,17H,5-6,8-9,12H2,1-4H3. The summed E-state index contributed by atoms with van der Waals surface area (Å²) in [5.74, 6) is 1.51. The van der Waals surface area contributed by atoms with E-state index in [1.807, 2.05) is 11.9 Å². The third-order valence-corrected chi connectivity index (χ3v) is 4.96. The van der Waals surface area contributed by atoms with Gasteiger partial charge in [0.15, 0.2) is 5.78 Å². The number of hydrogen-bond donors (Lipinski definition) is 0. The first-order chi connectivity index (χ1) is 10.9. The minimum absolute atomic E-state index is 0.00373. The first kappa shape index (κ1) is 17.5. The summed E-state index contributed by atoms with van der Waals surface area (Å²) in [6.07, 6.45) is 4.80. The second-order valence-electron chi connectivity index (χ2n) is 6.68. The van der Waals surface area contributed by atoms with Crippen LogP contribution in [0.1, 0.15) is 55.5 Å². The third-order valence-electron chi connectivity index (χ3n) is 4.96. The molecule has 23 heavy (non-hydrogen) atoms. The molecule has 1 fully saturated rings. The lowest BCUT2D eigenvalue weighted by Gasteiger charge is -2.33. The second kappa shape index (κ2) is 7.62. The van der Waals surface area contributed by atoms with Crippen molar-refractivity contribution in [3.63, 3.8) is 0 Å². The summed E-state index contributed by atoms with van der Waals surface area (Å²) in [7, 11) is 3.48. The van der Waals surface area contributed by atoms with E-state index in [9.17, 15) is 9.59 Å². The molecule has 0 heterocycles. The number of rotatable bonds is 5. The Labute approximate surface area is 138 Å². The Morgan fingerprint density at radius 1 is 1.22 bits per heavy atom. The van der Waals surface area contributed by atoms with Crippen LogP contribution < -0.4 is 4.74 Å². The number of benzene rings is 1. The molecule has 1 saturated carbocycles. The van der Waals surface area contributed by atoms with Crippen LogP contribution in [-0.2, 0) is 11.2 Å². The third kappa shape index (κ3) is 4.34. The highest BCUT2D eigenvalue weighted by Crippen LogP contribution is 2.27. The maximum atomic E-state index is 12.6. The van der Waals surface area contributed by atoms with Crippen LogP contribution in [0.4, 0.5) is 0 Å². The number of amides is 1. The average molecular weight is 317 g/mol. The van der Waals surface area contributed by atoms with Crippen molar-refractivity contribution in [1.29, 1.82) is 0 Å². The van der Waals surface area contributed by atoms with Gasteiger partial charge in [-0.05, 0) is 56.7 Å². The number of carbonyl (C=O) groups is 2. The van der Waals surface area contributed by atoms with E-state index in [1.165, 1.54) is 19.8 Å². The maximum Gasteiger partial charge on any atom is 0.227 e. The number of nitrogens with zero attached hydrogens (tertiary/aromatic N) is 1. The van der Waals surface area contributed by atoms with Crippen molar-refractivity contribution < 1.29 is 14.3 Å². The Morgan fingerprint density at radius 3 is 2.43 bits per heavy atom. The number of carbonyl (C=O) groups excluding carboxylic acids is 2. The fourth-order valence-electron chi connectivity index (χ4n) is 3.26. The van der Waals surface area contributed by atoms with Gasteiger partial charge in [-0.2, -0.15) is 0 Å². The van der Waals surface area contributed by atoms with Gasteiger partial charge in [0.25, 0.3) is 0 Å². The van der Waals surface area contributed by atoms with Crippen LogP contribution in [0.3, 0.4) is 0 Å². The Balaban J connectivity index is 2.09. The molecule has 1 aromatic rings. The summed E-state index contributed by atoms with van der Waals surface area (Å²) in [6.45, 7) is 3.80. The summed E-state index contributed by atoms with van der Waals surface area (Å²) in [5.41, 5.74) is 1.39. The van der Waals surface area contributed by atoms with Gasteiger partial charge in [0.05, 0.1) is 13.5 Å². The highest BCUT2D eigenvalue weighted by molar-refractivity contribution is 5.94. The van der Waals surface area contributed by atoms with Gasteiger partial charge in [-0.15, -0.1) is 0 Å². The van der Waals surface area contributed by atoms with E-state index in [0.717, 1.165) is 24.3 Å². The molecule has 1 aliphatic carbocycles. The first-order valence-electron chi connectivity index (χ1n) is 8.36. The molecule has 0 atom stereocenters. The summed E-state index contributed by atoms with van der Waals surface area (Å²) in [5, 5.41) is 0. The molecular formula is C19H27NO3. The molecule has 0 unspecified atom stereocenters. The van der Waals surface area contributed by atoms with Crippen LogP contribution in [-0.4, -0.2) is 36.8 Å². The van der Waals surface area contributed by atoms with E-state index in [-0.39, 0.29) is 18.1 Å². The maximum absolute atomic E-state index is 12.6. The second-order valence-corrected chi connectivity index (χ2v) is 6.68. The molecule has 0 bridgehead atoms. The van der Waals surface area contributed by atoms with Crippen molar-refractivity contribution in [3.05, 3.63) is 29.3 Å². The molecule has 4 nitrogen and oxygen atoms in total. The van der Waals surface area contributed by atoms with E-state index >= 15 is 0 Å². The Hall–Kier alpha value is -1.84. The van der Waals surface area contributed by atoms with Gasteiger partial charge in [-0.3, -0.25) is 9.59 Å². The number of Topliss-reactive ketones (excluding diaryl/α,β-unsaturated/α-hetero) is 1. The molecule has 0 spiro atoms. The average Bonchev–Trinajstić information content (AvgIpc) is 2.54. The number of hydrogen-bond acceptors (Lipinski definition) is 3. The molecule has 1 aliphatic rings. The predicted octanol–water partition coefficient (Wildman–Crippen LogP) is 3.48. The van der Waals surface area contributed by atoms with Crippen LogP contribution in [0.25, 0.3) is 0 Å². The van der Waals surface area contributed by atoms with Crippen LogP contribution in [0, 0.1) is 5.92 Å². The highest BCUT2D eigenvalue weighted by Gasteiger charge is 2.25. The van der Waals surface area contributed by atoms with Crippen molar-refractivity contribution in [2.24, 2.45) is 5.92 Å². The summed E-state index contributed by atoms with van der Waals surface area (Å²) in [6, 6.07) is 5.61. The zero-order valence-electron chi connectivity index (χ0n) is 14.6. The lowest BCUT2D eigenvalue weighted by Crippen LogP contribution is -2.40. The molecule has 0 N–H and O–H groups in total. The van der Waals surface area contributed by atoms with Crippen molar-refractivity contribution in [3.8, 4) is 5.75 Å². The molecule has 0 radical (unpaired) electrons. The minimum Gasteiger partial charge on any atom is -0.496 e. The van der Waals surface area contributed by atoms with E-state index in [0.29, 0.717) is 17.4 Å². The Kier molecular flexibility index (Phi) is 5.80. The van der Waals surface area contributed by atoms with Crippen molar-refractivity contribution in [2.75, 3.05) is 14.2 Å². The number of likely N-dealkylation sites (N-methyl/N-ethyl adjacent to an activating group) is 1. The van der Waals surface area contributed by atoms with Crippen LogP contribution in [0.2, 0.25) is 0 Å². The number of methoxy groups -OCH3 is 1. The van der Waals surface area contributed by atoms with E-state index in [4.69, 9.17) is 4.74 Å². The molecule has 1 aromatic carbocycles. The van der Waals surface area contributed by atoms with Gasteiger partial charge in [-0.25, -0.2) is 0 Å². The smallest absolute Gasteiger partial charge is 0.227 e. The molecule has 1 amide bonds. The Bertz CT molecular complexity index is 574. The molecule has 4 heteroatoms. The molecule has 2 rings (SSSR count). The van der Waals surface area contributed by atoms with Crippen LogP contribution >= 0.6 is 0 Å². The van der Waals surface area contributed by atoms with Gasteiger partial charge in [0.1, 0.15) is 5.75 Å². The van der Waals surface area contributed by atoms with Gasteiger partial charge in [0.2, 0.25) is 5.91 Å². The van der Waals surface area contributed by atoms with E-state index in [2.05, 4.69) is 6.92 Å². The zero-order valence-corrected chi connectivity index (χ0v) is 14.6. The van der Waals surface area contributed by atoms with Gasteiger partial charge in [0, 0.05) is 24.2 Å². The highest BCUT2D eigenvalue weighted by atomic mass is 16.5. The van der Waals surface area contributed by atoms with Gasteiger partial charge >= 0.3 is 0 Å². The van der Waals surface area contributed by atoms with Crippen molar-refractivity contribution in [1.82, 2.24) is 4.90 Å². The van der Waals surface area contributed by atoms with Crippen LogP contribution in [0.15, 0.2) is 18.2 Å². The molecule has 0 aliphatic heterocycles. The zero-order chi connectivity index (χ0) is 17.0. The van der Waals surface area contributed by atoms with Gasteiger partial charge in [-0.1, -0.05) is 6.92 Å². The SMILES string of the molecule is COc1ccc(C(C)=O)cc1CC(=O)N(C)C1CCC(C)CC1. The quantitative estimate of drug-likeness (QED) is 0.781. The summed E-state index contributed by atoms with van der Waals surface area (Å²) in [4.78, 5) is 26.1. The lowest BCUT2D eigenvalue weighted by atomic mass is 9.86. The minimum atomic E-state index is -0.00373. The first-order valence-corrected chi connectivity index (χ1v) is 8.36. The lowest BCUT2D eigenvalue weighted by molar-refractivity contribution is -0.132. The molecule has 126 valence electrons. The largest absolute Gasteiger partial charge is 0.496 e. The summed E-state index contributed by atoms with van der Waals surface area (Å²) >= 11 is 0. The van der Waals surface area contributed by atoms with Crippen LogP contribution in [0.5, 0.6) is 5.75 Å². The molecular weight excluding hydrogens is 290 g/mol. The monoisotopic (exact) mass is 317 g/mol.